The van der Waals surface area contributed by atoms with Gasteiger partial charge in [-0.15, -0.1) is 0 Å². The zero-order valence-corrected chi connectivity index (χ0v) is 22.4. The minimum Gasteiger partial charge on any atom is -0.295 e. The van der Waals surface area contributed by atoms with E-state index in [4.69, 9.17) is 5.10 Å². The molecule has 0 radical (unpaired) electrons. The summed E-state index contributed by atoms with van der Waals surface area (Å²) < 4.78 is 0. The van der Waals surface area contributed by atoms with Crippen molar-refractivity contribution in [2.75, 3.05) is 5.01 Å². The van der Waals surface area contributed by atoms with E-state index in [0.29, 0.717) is 17.1 Å². The van der Waals surface area contributed by atoms with Crippen molar-refractivity contribution >= 4 is 17.2 Å². The highest BCUT2D eigenvalue weighted by Crippen LogP contribution is 2.67. The third-order valence-corrected chi connectivity index (χ3v) is 11.5. The summed E-state index contributed by atoms with van der Waals surface area (Å²) in [6.07, 6.45) is 12.6. The first-order valence-electron chi connectivity index (χ1n) is 14.7. The Balaban J connectivity index is 1.19. The van der Waals surface area contributed by atoms with Crippen LogP contribution in [0.2, 0.25) is 0 Å². The van der Waals surface area contributed by atoms with Crippen molar-refractivity contribution in [1.82, 2.24) is 0 Å². The van der Waals surface area contributed by atoms with E-state index in [0.717, 1.165) is 43.4 Å². The van der Waals surface area contributed by atoms with Crippen LogP contribution in [0.3, 0.4) is 0 Å². The van der Waals surface area contributed by atoms with Gasteiger partial charge in [0, 0.05) is 24.5 Å². The summed E-state index contributed by atoms with van der Waals surface area (Å²) in [5, 5.41) is 7.74. The van der Waals surface area contributed by atoms with Crippen molar-refractivity contribution < 1.29 is 4.79 Å². The minimum atomic E-state index is 0.254. The van der Waals surface area contributed by atoms with Crippen molar-refractivity contribution in [2.24, 2.45) is 39.6 Å². The van der Waals surface area contributed by atoms with E-state index in [1.807, 2.05) is 6.08 Å². The summed E-state index contributed by atoms with van der Waals surface area (Å²) in [4.78, 5) is 12.2. The van der Waals surface area contributed by atoms with Gasteiger partial charge in [-0.2, -0.15) is 5.10 Å². The van der Waals surface area contributed by atoms with E-state index in [-0.39, 0.29) is 11.5 Å². The van der Waals surface area contributed by atoms with E-state index in [2.05, 4.69) is 79.5 Å². The van der Waals surface area contributed by atoms with Gasteiger partial charge >= 0.3 is 0 Å². The van der Waals surface area contributed by atoms with Gasteiger partial charge in [-0.3, -0.25) is 9.80 Å². The number of fused-ring (bicyclic) bond motifs is 5. The first-order chi connectivity index (χ1) is 18.0. The Morgan fingerprint density at radius 3 is 2.38 bits per heavy atom. The molecule has 2 aromatic rings. The van der Waals surface area contributed by atoms with Gasteiger partial charge in [-0.25, -0.2) is 0 Å². The predicted octanol–water partition coefficient (Wildman–Crippen LogP) is 8.14. The number of nitrogens with zero attached hydrogens (tertiary/aromatic N) is 2. The molecule has 0 aromatic heterocycles. The first kappa shape index (κ1) is 23.4. The average Bonchev–Trinajstić information content (AvgIpc) is 3.51. The SMILES string of the molecule is CC12CCC(=O)C=C1CCC1C2CCC2(C)C(C3=NN(c4ccccc4)C(c4ccccc4)C3)CCC12. The second-order valence-electron chi connectivity index (χ2n) is 13.0. The molecule has 0 amide bonds. The van der Waals surface area contributed by atoms with Gasteiger partial charge in [-0.1, -0.05) is 68.0 Å². The molecule has 1 aliphatic heterocycles. The predicted molar refractivity (Wildman–Crippen MR) is 150 cm³/mol. The zero-order chi connectivity index (χ0) is 25.2. The highest BCUT2D eigenvalue weighted by molar-refractivity contribution is 5.92. The van der Waals surface area contributed by atoms with E-state index < -0.39 is 0 Å². The lowest BCUT2D eigenvalue weighted by atomic mass is 9.46. The Kier molecular flexibility index (Phi) is 5.50. The summed E-state index contributed by atoms with van der Waals surface area (Å²) in [5.74, 6) is 3.28. The van der Waals surface area contributed by atoms with Crippen LogP contribution in [0.15, 0.2) is 77.4 Å². The molecule has 7 rings (SSSR count). The van der Waals surface area contributed by atoms with Gasteiger partial charge in [0.1, 0.15) is 0 Å². The standard InChI is InChI=1S/C34H40N2O/c1-33-19-17-26(37)21-24(33)13-14-27-28-15-16-30(34(28,2)20-18-29(27)33)31-22-32(23-9-5-3-6-10-23)36(35-31)25-11-7-4-8-12-25/h3-12,21,27-30,32H,13-20,22H2,1-2H3. The molecule has 3 heteroatoms. The number of benzene rings is 2. The second-order valence-corrected chi connectivity index (χ2v) is 13.0. The fourth-order valence-electron chi connectivity index (χ4n) is 9.60. The van der Waals surface area contributed by atoms with Crippen molar-refractivity contribution in [3.8, 4) is 0 Å². The summed E-state index contributed by atoms with van der Waals surface area (Å²) in [6.45, 7) is 5.12. The smallest absolute Gasteiger partial charge is 0.155 e. The topological polar surface area (TPSA) is 32.7 Å². The fraction of sp³-hybridized carbons (Fsp3) is 0.529. The van der Waals surface area contributed by atoms with Gasteiger partial charge in [-0.05, 0) is 97.3 Å². The molecule has 192 valence electrons. The van der Waals surface area contributed by atoms with Crippen molar-refractivity contribution in [3.63, 3.8) is 0 Å². The van der Waals surface area contributed by atoms with E-state index in [9.17, 15) is 4.79 Å². The zero-order valence-electron chi connectivity index (χ0n) is 22.4. The molecular formula is C34H40N2O. The number of para-hydroxylation sites is 1. The molecule has 1 heterocycles. The average molecular weight is 493 g/mol. The number of anilines is 1. The van der Waals surface area contributed by atoms with Gasteiger partial charge < -0.3 is 0 Å². The third-order valence-electron chi connectivity index (χ3n) is 11.5. The Morgan fingerprint density at radius 2 is 1.59 bits per heavy atom. The molecule has 0 saturated heterocycles. The molecule has 37 heavy (non-hydrogen) atoms. The summed E-state index contributed by atoms with van der Waals surface area (Å²) in [5.41, 5.74) is 6.07. The molecule has 3 saturated carbocycles. The van der Waals surface area contributed by atoms with Crippen molar-refractivity contribution in [2.45, 2.75) is 77.7 Å². The molecule has 7 unspecified atom stereocenters. The number of ketones is 1. The van der Waals surface area contributed by atoms with Crippen LogP contribution in [0.4, 0.5) is 5.69 Å². The van der Waals surface area contributed by atoms with Gasteiger partial charge in [0.2, 0.25) is 0 Å². The highest BCUT2D eigenvalue weighted by Gasteiger charge is 2.60. The third kappa shape index (κ3) is 3.60. The maximum absolute atomic E-state index is 12.2. The summed E-state index contributed by atoms with van der Waals surface area (Å²) in [7, 11) is 0. The van der Waals surface area contributed by atoms with Crippen LogP contribution in [0.25, 0.3) is 0 Å². The van der Waals surface area contributed by atoms with E-state index in [1.54, 1.807) is 0 Å². The van der Waals surface area contributed by atoms with Crippen LogP contribution in [-0.2, 0) is 4.79 Å². The summed E-state index contributed by atoms with van der Waals surface area (Å²) >= 11 is 0. The number of allylic oxidation sites excluding steroid dienone is 1. The Hall–Kier alpha value is -2.68. The van der Waals surface area contributed by atoms with Crippen LogP contribution >= 0.6 is 0 Å². The molecule has 2 aromatic carbocycles. The first-order valence-corrected chi connectivity index (χ1v) is 14.7. The molecule has 3 nitrogen and oxygen atoms in total. The van der Waals surface area contributed by atoms with Crippen LogP contribution < -0.4 is 5.01 Å². The largest absolute Gasteiger partial charge is 0.295 e. The lowest BCUT2D eigenvalue weighted by Gasteiger charge is -2.58. The molecule has 7 atom stereocenters. The molecule has 0 N–H and O–H groups in total. The maximum Gasteiger partial charge on any atom is 0.155 e. The van der Waals surface area contributed by atoms with Crippen LogP contribution in [0, 0.1) is 34.5 Å². The molecule has 0 bridgehead atoms. The van der Waals surface area contributed by atoms with Gasteiger partial charge in [0.25, 0.3) is 0 Å². The summed E-state index contributed by atoms with van der Waals surface area (Å²) in [6, 6.07) is 22.0. The van der Waals surface area contributed by atoms with E-state index in [1.165, 1.54) is 54.6 Å². The highest BCUT2D eigenvalue weighted by atomic mass is 16.1. The molecule has 4 aliphatic carbocycles. The maximum atomic E-state index is 12.2. The Morgan fingerprint density at radius 1 is 0.838 bits per heavy atom. The number of carbonyl (C=O) groups is 1. The molecule has 3 fully saturated rings. The van der Waals surface area contributed by atoms with Crippen LogP contribution in [0.5, 0.6) is 0 Å². The van der Waals surface area contributed by atoms with E-state index >= 15 is 0 Å². The Labute approximate surface area is 222 Å². The number of hydrogen-bond donors (Lipinski definition) is 0. The van der Waals surface area contributed by atoms with Crippen molar-refractivity contribution in [3.05, 3.63) is 77.9 Å². The number of carbonyl (C=O) groups excluding carboxylic acids is 1. The van der Waals surface area contributed by atoms with Gasteiger partial charge in [0.15, 0.2) is 5.78 Å². The second kappa shape index (κ2) is 8.68. The quantitative estimate of drug-likeness (QED) is 0.433. The Bertz CT molecular complexity index is 1250. The monoisotopic (exact) mass is 492 g/mol. The lowest BCUT2D eigenvalue weighted by molar-refractivity contribution is -0.117. The molecule has 5 aliphatic rings. The number of hydrazone groups is 1. The molecule has 0 spiro atoms. The fourth-order valence-corrected chi connectivity index (χ4v) is 9.60. The normalized spacial score (nSPS) is 38.9. The number of hydrogen-bond acceptors (Lipinski definition) is 3. The van der Waals surface area contributed by atoms with Gasteiger partial charge in [0.05, 0.1) is 11.7 Å². The minimum absolute atomic E-state index is 0.254. The molecular weight excluding hydrogens is 452 g/mol. The lowest BCUT2D eigenvalue weighted by Crippen LogP contribution is -2.51. The van der Waals surface area contributed by atoms with Crippen molar-refractivity contribution in [1.29, 1.82) is 0 Å². The van der Waals surface area contributed by atoms with Crippen LogP contribution in [0.1, 0.15) is 83.2 Å². The van der Waals surface area contributed by atoms with Crippen LogP contribution in [-0.4, -0.2) is 11.5 Å². The number of rotatable bonds is 3.